The van der Waals surface area contributed by atoms with E-state index >= 15 is 0 Å². The molecule has 0 bridgehead atoms. The van der Waals surface area contributed by atoms with Crippen LogP contribution in [0.1, 0.15) is 6.42 Å². The molecule has 1 heterocycles. The Labute approximate surface area is 109 Å². The number of halogens is 1. The van der Waals surface area contributed by atoms with Gasteiger partial charge in [0.15, 0.2) is 0 Å². The van der Waals surface area contributed by atoms with Crippen molar-refractivity contribution in [3.63, 3.8) is 0 Å². The Kier molecular flexibility index (Phi) is 3.84. The van der Waals surface area contributed by atoms with Crippen molar-refractivity contribution >= 4 is 23.4 Å². The van der Waals surface area contributed by atoms with Gasteiger partial charge in [-0.3, -0.25) is 4.79 Å². The highest BCUT2D eigenvalue weighted by molar-refractivity contribution is 5.91. The Bertz CT molecular complexity index is 507. The highest BCUT2D eigenvalue weighted by atomic mass is 19.1. The average Bonchev–Trinajstić information content (AvgIpc) is 2.77. The van der Waals surface area contributed by atoms with Crippen molar-refractivity contribution in [3.8, 4) is 0 Å². The number of rotatable bonds is 4. The van der Waals surface area contributed by atoms with Gasteiger partial charge in [-0.1, -0.05) is 0 Å². The zero-order valence-electron chi connectivity index (χ0n) is 10.2. The van der Waals surface area contributed by atoms with Crippen LogP contribution in [0.2, 0.25) is 0 Å². The van der Waals surface area contributed by atoms with Gasteiger partial charge in [0.05, 0.1) is 12.2 Å². The SMILES string of the molecule is Nc1cc(NC(=O)CCN2CCOC2=O)ccc1F. The van der Waals surface area contributed by atoms with Crippen LogP contribution in [0, 0.1) is 5.82 Å². The Morgan fingerprint density at radius 1 is 1.53 bits per heavy atom. The lowest BCUT2D eigenvalue weighted by atomic mass is 10.2. The summed E-state index contributed by atoms with van der Waals surface area (Å²) in [4.78, 5) is 24.2. The first-order valence-corrected chi connectivity index (χ1v) is 5.83. The monoisotopic (exact) mass is 267 g/mol. The van der Waals surface area contributed by atoms with E-state index < -0.39 is 11.9 Å². The fraction of sp³-hybridized carbons (Fsp3) is 0.333. The number of nitrogens with two attached hydrogens (primary N) is 1. The normalized spacial score (nSPS) is 14.4. The molecule has 2 rings (SSSR count). The predicted octanol–water partition coefficient (Wildman–Crippen LogP) is 1.19. The number of hydrogen-bond donors (Lipinski definition) is 2. The van der Waals surface area contributed by atoms with Gasteiger partial charge in [-0.2, -0.15) is 0 Å². The van der Waals surface area contributed by atoms with Crippen LogP contribution in [0.3, 0.4) is 0 Å². The molecule has 7 heteroatoms. The van der Waals surface area contributed by atoms with Gasteiger partial charge in [0.25, 0.3) is 0 Å². The zero-order chi connectivity index (χ0) is 13.8. The van der Waals surface area contributed by atoms with Gasteiger partial charge >= 0.3 is 6.09 Å². The van der Waals surface area contributed by atoms with Crippen molar-refractivity contribution < 1.29 is 18.7 Å². The summed E-state index contributed by atoms with van der Waals surface area (Å²) in [5, 5.41) is 2.58. The van der Waals surface area contributed by atoms with Crippen molar-refractivity contribution in [2.45, 2.75) is 6.42 Å². The Hall–Kier alpha value is -2.31. The fourth-order valence-corrected chi connectivity index (χ4v) is 1.71. The van der Waals surface area contributed by atoms with Crippen molar-refractivity contribution in [2.75, 3.05) is 30.7 Å². The number of benzene rings is 1. The molecule has 0 radical (unpaired) electrons. The van der Waals surface area contributed by atoms with Gasteiger partial charge in [0.1, 0.15) is 12.4 Å². The van der Waals surface area contributed by atoms with Crippen LogP contribution >= 0.6 is 0 Å². The lowest BCUT2D eigenvalue weighted by Gasteiger charge is -2.12. The maximum atomic E-state index is 12.9. The minimum Gasteiger partial charge on any atom is -0.448 e. The van der Waals surface area contributed by atoms with E-state index in [4.69, 9.17) is 10.5 Å². The average molecular weight is 267 g/mol. The molecule has 1 aromatic rings. The van der Waals surface area contributed by atoms with Gasteiger partial charge in [0, 0.05) is 18.7 Å². The smallest absolute Gasteiger partial charge is 0.409 e. The Morgan fingerprint density at radius 2 is 2.32 bits per heavy atom. The van der Waals surface area contributed by atoms with Gasteiger partial charge in [-0.05, 0) is 18.2 Å². The molecule has 1 aliphatic rings. The van der Waals surface area contributed by atoms with Crippen LogP contribution in [0.4, 0.5) is 20.6 Å². The number of carbonyl (C=O) groups excluding carboxylic acids is 2. The summed E-state index contributed by atoms with van der Waals surface area (Å²) < 4.78 is 17.7. The molecule has 3 N–H and O–H groups in total. The molecule has 2 amide bonds. The number of cyclic esters (lactones) is 1. The molecular weight excluding hydrogens is 253 g/mol. The number of hydrogen-bond acceptors (Lipinski definition) is 4. The molecule has 0 spiro atoms. The molecule has 1 aliphatic heterocycles. The van der Waals surface area contributed by atoms with Gasteiger partial charge < -0.3 is 20.7 Å². The molecule has 0 aliphatic carbocycles. The molecular formula is C12H14FN3O3. The standard InChI is InChI=1S/C12H14FN3O3/c13-9-2-1-8(7-10(9)14)15-11(17)3-4-16-5-6-19-12(16)18/h1-2,7H,3-6,14H2,(H,15,17). The number of ether oxygens (including phenoxy) is 1. The molecule has 0 atom stereocenters. The highest BCUT2D eigenvalue weighted by Crippen LogP contribution is 2.16. The molecule has 0 unspecified atom stereocenters. The first-order chi connectivity index (χ1) is 9.06. The van der Waals surface area contributed by atoms with E-state index in [9.17, 15) is 14.0 Å². The van der Waals surface area contributed by atoms with Gasteiger partial charge in [-0.25, -0.2) is 9.18 Å². The van der Waals surface area contributed by atoms with Gasteiger partial charge in [0.2, 0.25) is 5.91 Å². The first kappa shape index (κ1) is 13.1. The van der Waals surface area contributed by atoms with Crippen LogP contribution in [-0.4, -0.2) is 36.6 Å². The van der Waals surface area contributed by atoms with E-state index in [1.54, 1.807) is 0 Å². The van der Waals surface area contributed by atoms with Crippen molar-refractivity contribution in [2.24, 2.45) is 0 Å². The lowest BCUT2D eigenvalue weighted by molar-refractivity contribution is -0.116. The first-order valence-electron chi connectivity index (χ1n) is 5.83. The number of carbonyl (C=O) groups is 2. The summed E-state index contributed by atoms with van der Waals surface area (Å²) >= 11 is 0. The molecule has 1 fully saturated rings. The minimum absolute atomic E-state index is 0.0269. The summed E-state index contributed by atoms with van der Waals surface area (Å²) in [6, 6.07) is 3.95. The van der Waals surface area contributed by atoms with Crippen LogP contribution in [0.5, 0.6) is 0 Å². The maximum Gasteiger partial charge on any atom is 0.409 e. The predicted molar refractivity (Wildman–Crippen MR) is 67.0 cm³/mol. The number of anilines is 2. The molecule has 19 heavy (non-hydrogen) atoms. The summed E-state index contributed by atoms with van der Waals surface area (Å²) in [7, 11) is 0. The second-order valence-electron chi connectivity index (χ2n) is 4.14. The van der Waals surface area contributed by atoms with Crippen LogP contribution in [0.15, 0.2) is 18.2 Å². The quantitative estimate of drug-likeness (QED) is 0.802. The highest BCUT2D eigenvalue weighted by Gasteiger charge is 2.22. The summed E-state index contributed by atoms with van der Waals surface area (Å²) in [5.41, 5.74) is 5.79. The Balaban J connectivity index is 1.83. The van der Waals surface area contributed by atoms with Crippen molar-refractivity contribution in [1.29, 1.82) is 0 Å². The third-order valence-electron chi connectivity index (χ3n) is 2.73. The molecule has 0 aromatic heterocycles. The Morgan fingerprint density at radius 3 is 2.95 bits per heavy atom. The number of nitrogens with one attached hydrogen (secondary N) is 1. The van der Waals surface area contributed by atoms with E-state index in [-0.39, 0.29) is 18.0 Å². The van der Waals surface area contributed by atoms with E-state index in [0.29, 0.717) is 25.4 Å². The number of nitrogen functional groups attached to an aromatic ring is 1. The second-order valence-corrected chi connectivity index (χ2v) is 4.14. The molecule has 1 aromatic carbocycles. The molecule has 6 nitrogen and oxygen atoms in total. The van der Waals surface area contributed by atoms with E-state index in [2.05, 4.69) is 5.32 Å². The van der Waals surface area contributed by atoms with Crippen molar-refractivity contribution in [3.05, 3.63) is 24.0 Å². The topological polar surface area (TPSA) is 84.7 Å². The van der Waals surface area contributed by atoms with Crippen LogP contribution in [0.25, 0.3) is 0 Å². The summed E-state index contributed by atoms with van der Waals surface area (Å²) in [6.45, 7) is 1.14. The van der Waals surface area contributed by atoms with Gasteiger partial charge in [-0.15, -0.1) is 0 Å². The van der Waals surface area contributed by atoms with E-state index in [1.165, 1.54) is 23.1 Å². The maximum absolute atomic E-state index is 12.9. The fourth-order valence-electron chi connectivity index (χ4n) is 1.71. The molecule has 102 valence electrons. The summed E-state index contributed by atoms with van der Waals surface area (Å²) in [5.74, 6) is -0.802. The molecule has 1 saturated heterocycles. The third kappa shape index (κ3) is 3.34. The molecule has 0 saturated carbocycles. The minimum atomic E-state index is -0.530. The third-order valence-corrected chi connectivity index (χ3v) is 2.73. The largest absolute Gasteiger partial charge is 0.448 e. The summed E-state index contributed by atoms with van der Waals surface area (Å²) in [6.07, 6.45) is -0.259. The zero-order valence-corrected chi connectivity index (χ0v) is 10.2. The number of amides is 2. The second kappa shape index (κ2) is 5.55. The van der Waals surface area contributed by atoms with Crippen molar-refractivity contribution in [1.82, 2.24) is 4.90 Å². The lowest BCUT2D eigenvalue weighted by Crippen LogP contribution is -2.28. The van der Waals surface area contributed by atoms with Crippen LogP contribution in [-0.2, 0) is 9.53 Å². The number of nitrogens with zero attached hydrogens (tertiary/aromatic N) is 1. The van der Waals surface area contributed by atoms with Crippen LogP contribution < -0.4 is 11.1 Å². The van der Waals surface area contributed by atoms with E-state index in [0.717, 1.165) is 0 Å². The van der Waals surface area contributed by atoms with E-state index in [1.807, 2.05) is 0 Å².